The lowest BCUT2D eigenvalue weighted by atomic mass is 10.3. The quantitative estimate of drug-likeness (QED) is 0.770. The van der Waals surface area contributed by atoms with Crippen LogP contribution >= 0.6 is 11.6 Å². The van der Waals surface area contributed by atoms with Crippen LogP contribution in [0.5, 0.6) is 0 Å². The average Bonchev–Trinajstić information content (AvgIpc) is 2.66. The van der Waals surface area contributed by atoms with Crippen LogP contribution in [-0.4, -0.2) is 51.4 Å². The Labute approximate surface area is 162 Å². The van der Waals surface area contributed by atoms with Gasteiger partial charge in [-0.2, -0.15) is 4.31 Å². The fourth-order valence-electron chi connectivity index (χ4n) is 2.98. The Balaban J connectivity index is 1.55. The number of carbonyl (C=O) groups excluding carboxylic acids is 1. The zero-order valence-electron chi connectivity index (χ0n) is 14.5. The summed E-state index contributed by atoms with van der Waals surface area (Å²) in [6, 6.07) is 12.2. The Kier molecular flexibility index (Phi) is 6.11. The monoisotopic (exact) mass is 412 g/mol. The number of amides is 1. The van der Waals surface area contributed by atoms with Gasteiger partial charge in [-0.3, -0.25) is 4.79 Å². The summed E-state index contributed by atoms with van der Waals surface area (Å²) in [6.07, 6.45) is 0. The van der Waals surface area contributed by atoms with Crippen LogP contribution in [0.1, 0.15) is 0 Å². The lowest BCUT2D eigenvalue weighted by Gasteiger charge is -2.31. The second-order valence-corrected chi connectivity index (χ2v) is 8.69. The highest BCUT2D eigenvalue weighted by Crippen LogP contribution is 2.19. The highest BCUT2D eigenvalue weighted by Gasteiger charge is 2.31. The molecule has 9 heteroatoms. The number of carbonyl (C=O) groups is 1. The van der Waals surface area contributed by atoms with Crippen molar-refractivity contribution in [3.63, 3.8) is 0 Å². The molecule has 2 aromatic carbocycles. The number of rotatable bonds is 5. The van der Waals surface area contributed by atoms with E-state index in [0.717, 1.165) is 4.90 Å². The topological polar surface area (TPSA) is 70.9 Å². The van der Waals surface area contributed by atoms with Gasteiger partial charge in [0.25, 0.3) is 5.91 Å². The van der Waals surface area contributed by atoms with Gasteiger partial charge < -0.3 is 10.2 Å². The molecular weight excluding hydrogens is 393 g/mol. The molecule has 1 amide bonds. The van der Waals surface area contributed by atoms with Crippen LogP contribution in [0, 0.1) is 5.82 Å². The fraction of sp³-hybridized carbons (Fsp3) is 0.278. The van der Waals surface area contributed by atoms with Crippen molar-refractivity contribution in [1.82, 2.24) is 4.31 Å². The molecular formula is C18H20ClFN3O3S+. The number of nitrogens with zero attached hydrogens (tertiary/aromatic N) is 1. The van der Waals surface area contributed by atoms with Crippen LogP contribution < -0.4 is 10.2 Å². The molecule has 144 valence electrons. The molecule has 0 aromatic heterocycles. The summed E-state index contributed by atoms with van der Waals surface area (Å²) >= 11 is 5.82. The number of hydrogen-bond acceptors (Lipinski definition) is 3. The molecule has 2 N–H and O–H groups in total. The normalized spacial score (nSPS) is 16.2. The van der Waals surface area contributed by atoms with Crippen LogP contribution in [0.25, 0.3) is 0 Å². The van der Waals surface area contributed by atoms with E-state index in [9.17, 15) is 17.6 Å². The minimum Gasteiger partial charge on any atom is -0.325 e. The third-order valence-corrected chi connectivity index (χ3v) is 6.57. The maximum Gasteiger partial charge on any atom is 0.279 e. The molecule has 1 aliphatic heterocycles. The van der Waals surface area contributed by atoms with E-state index in [1.54, 1.807) is 30.3 Å². The second-order valence-electron chi connectivity index (χ2n) is 6.32. The van der Waals surface area contributed by atoms with Gasteiger partial charge >= 0.3 is 0 Å². The molecule has 3 rings (SSSR count). The Bertz CT molecular complexity index is 917. The highest BCUT2D eigenvalue weighted by molar-refractivity contribution is 7.89. The molecule has 27 heavy (non-hydrogen) atoms. The van der Waals surface area contributed by atoms with Crippen LogP contribution in [-0.2, 0) is 14.8 Å². The third-order valence-electron chi connectivity index (χ3n) is 4.42. The van der Waals surface area contributed by atoms with Gasteiger partial charge in [-0.05, 0) is 30.3 Å². The van der Waals surface area contributed by atoms with E-state index in [2.05, 4.69) is 5.32 Å². The van der Waals surface area contributed by atoms with Crippen molar-refractivity contribution < 1.29 is 22.5 Å². The first-order valence-electron chi connectivity index (χ1n) is 8.50. The smallest absolute Gasteiger partial charge is 0.279 e. The summed E-state index contributed by atoms with van der Waals surface area (Å²) in [5.74, 6) is -0.896. The number of quaternary nitrogens is 1. The molecule has 0 radical (unpaired) electrons. The van der Waals surface area contributed by atoms with Gasteiger partial charge in [0.15, 0.2) is 6.54 Å². The van der Waals surface area contributed by atoms with E-state index in [-0.39, 0.29) is 23.0 Å². The molecule has 1 aliphatic rings. The molecule has 0 aliphatic carbocycles. The van der Waals surface area contributed by atoms with Crippen molar-refractivity contribution >= 4 is 33.2 Å². The molecule has 1 saturated heterocycles. The van der Waals surface area contributed by atoms with Crippen molar-refractivity contribution in [2.45, 2.75) is 4.90 Å². The Hall–Kier alpha value is -2.00. The maximum atomic E-state index is 13.7. The number of halogens is 2. The zero-order valence-corrected chi connectivity index (χ0v) is 16.1. The van der Waals surface area contributed by atoms with Gasteiger partial charge in [-0.1, -0.05) is 29.8 Å². The number of sulfonamides is 1. The van der Waals surface area contributed by atoms with Gasteiger partial charge in [0.2, 0.25) is 10.0 Å². The minimum absolute atomic E-state index is 0.0391. The first-order valence-corrected chi connectivity index (χ1v) is 10.3. The van der Waals surface area contributed by atoms with Crippen molar-refractivity contribution in [3.05, 3.63) is 59.4 Å². The predicted octanol–water partition coefficient (Wildman–Crippen LogP) is 1.01. The molecule has 0 unspecified atom stereocenters. The van der Waals surface area contributed by atoms with Crippen LogP contribution in [0.4, 0.5) is 10.1 Å². The number of hydrogen-bond donors (Lipinski definition) is 2. The van der Waals surface area contributed by atoms with Crippen LogP contribution in [0.3, 0.4) is 0 Å². The van der Waals surface area contributed by atoms with Gasteiger partial charge in [0.05, 0.1) is 36.8 Å². The second kappa shape index (κ2) is 8.35. The van der Waals surface area contributed by atoms with Gasteiger partial charge in [0.1, 0.15) is 5.82 Å². The summed E-state index contributed by atoms with van der Waals surface area (Å²) in [5.41, 5.74) is 0.0391. The van der Waals surface area contributed by atoms with E-state index >= 15 is 0 Å². The van der Waals surface area contributed by atoms with Gasteiger partial charge in [-0.15, -0.1) is 0 Å². The minimum atomic E-state index is -3.52. The number of anilines is 1. The highest BCUT2D eigenvalue weighted by atomic mass is 35.5. The molecule has 1 heterocycles. The Morgan fingerprint density at radius 2 is 1.81 bits per heavy atom. The van der Waals surface area contributed by atoms with Crippen molar-refractivity contribution in [1.29, 1.82) is 0 Å². The SMILES string of the molecule is O=C(C[NH+]1CCN(S(=O)(=O)c2ccccc2)CC1)Nc1cc(Cl)ccc1F. The van der Waals surface area contributed by atoms with E-state index in [1.807, 2.05) is 0 Å². The number of nitrogens with one attached hydrogen (secondary N) is 2. The molecule has 6 nitrogen and oxygen atoms in total. The third kappa shape index (κ3) is 4.84. The average molecular weight is 413 g/mol. The van der Waals surface area contributed by atoms with Crippen molar-refractivity contribution in [3.8, 4) is 0 Å². The standard InChI is InChI=1S/C18H19ClFN3O3S/c19-14-6-7-16(20)17(12-14)21-18(24)13-22-8-10-23(11-9-22)27(25,26)15-4-2-1-3-5-15/h1-7,12H,8-11,13H2,(H,21,24)/p+1. The zero-order chi connectivity index (χ0) is 19.4. The van der Waals surface area contributed by atoms with Crippen LogP contribution in [0.15, 0.2) is 53.4 Å². The summed E-state index contributed by atoms with van der Waals surface area (Å²) in [7, 11) is -3.52. The lowest BCUT2D eigenvalue weighted by Crippen LogP contribution is -3.15. The van der Waals surface area contributed by atoms with E-state index in [1.165, 1.54) is 22.5 Å². The molecule has 0 saturated carbocycles. The van der Waals surface area contributed by atoms with Crippen molar-refractivity contribution in [2.24, 2.45) is 0 Å². The summed E-state index contributed by atoms with van der Waals surface area (Å²) < 4.78 is 40.3. The first-order chi connectivity index (χ1) is 12.9. The fourth-order valence-corrected chi connectivity index (χ4v) is 4.61. The van der Waals surface area contributed by atoms with Crippen molar-refractivity contribution in [2.75, 3.05) is 38.0 Å². The molecule has 2 aromatic rings. The van der Waals surface area contributed by atoms with E-state index in [0.29, 0.717) is 31.2 Å². The van der Waals surface area contributed by atoms with Crippen LogP contribution in [0.2, 0.25) is 5.02 Å². The molecule has 1 fully saturated rings. The van der Waals surface area contributed by atoms with E-state index in [4.69, 9.17) is 11.6 Å². The summed E-state index contributed by atoms with van der Waals surface area (Å²) in [5, 5.41) is 2.85. The number of benzene rings is 2. The van der Waals surface area contributed by atoms with Gasteiger partial charge in [-0.25, -0.2) is 12.8 Å². The lowest BCUT2D eigenvalue weighted by molar-refractivity contribution is -0.895. The molecule has 0 bridgehead atoms. The predicted molar refractivity (Wildman–Crippen MR) is 101 cm³/mol. The van der Waals surface area contributed by atoms with Gasteiger partial charge in [0, 0.05) is 5.02 Å². The summed E-state index contributed by atoms with van der Waals surface area (Å²) in [6.45, 7) is 1.77. The van der Waals surface area contributed by atoms with E-state index < -0.39 is 15.8 Å². The Morgan fingerprint density at radius 3 is 2.48 bits per heavy atom. The maximum absolute atomic E-state index is 13.7. The number of piperazine rings is 1. The largest absolute Gasteiger partial charge is 0.325 e. The first kappa shape index (κ1) is 19.8. The molecule has 0 spiro atoms. The Morgan fingerprint density at radius 1 is 1.15 bits per heavy atom. The summed E-state index contributed by atoms with van der Waals surface area (Å²) in [4.78, 5) is 13.4. The molecule has 0 atom stereocenters.